The summed E-state index contributed by atoms with van der Waals surface area (Å²) in [4.78, 5) is 5.36. The van der Waals surface area contributed by atoms with Gasteiger partial charge in [-0.25, -0.2) is 0 Å². The molecular formula is C18H24N2S. The van der Waals surface area contributed by atoms with Crippen LogP contribution in [-0.2, 0) is 13.0 Å². The average Bonchev–Trinajstić information content (AvgIpc) is 2.93. The molecule has 1 aliphatic heterocycles. The second-order valence-corrected chi connectivity index (χ2v) is 7.27. The van der Waals surface area contributed by atoms with Gasteiger partial charge in [-0.1, -0.05) is 31.2 Å². The van der Waals surface area contributed by atoms with Gasteiger partial charge in [0, 0.05) is 28.9 Å². The smallest absolute Gasteiger partial charge is 0.0596 e. The minimum Gasteiger partial charge on any atom is -0.326 e. The Morgan fingerprint density at radius 3 is 2.62 bits per heavy atom. The summed E-state index contributed by atoms with van der Waals surface area (Å²) in [5, 5.41) is 0. The summed E-state index contributed by atoms with van der Waals surface area (Å²) < 4.78 is 0. The van der Waals surface area contributed by atoms with E-state index in [2.05, 4.69) is 55.1 Å². The molecule has 0 fully saturated rings. The molecule has 2 nitrogen and oxygen atoms in total. The number of nitrogens with two attached hydrogens (primary N) is 1. The number of rotatable bonds is 4. The van der Waals surface area contributed by atoms with Crippen molar-refractivity contribution in [2.24, 2.45) is 5.73 Å². The summed E-state index contributed by atoms with van der Waals surface area (Å²) in [5.74, 6) is 0. The third kappa shape index (κ3) is 3.05. The zero-order chi connectivity index (χ0) is 14.8. The number of nitrogens with zero attached hydrogens (tertiary/aromatic N) is 1. The van der Waals surface area contributed by atoms with Crippen molar-refractivity contribution >= 4 is 11.3 Å². The zero-order valence-corrected chi connectivity index (χ0v) is 13.7. The number of aryl methyl sites for hydroxylation is 1. The van der Waals surface area contributed by atoms with Crippen LogP contribution in [-0.4, -0.2) is 17.5 Å². The van der Waals surface area contributed by atoms with E-state index in [0.717, 1.165) is 25.9 Å². The van der Waals surface area contributed by atoms with E-state index in [4.69, 9.17) is 5.73 Å². The van der Waals surface area contributed by atoms with Gasteiger partial charge in [-0.3, -0.25) is 4.90 Å². The van der Waals surface area contributed by atoms with Crippen LogP contribution in [0.3, 0.4) is 0 Å². The third-order valence-electron chi connectivity index (χ3n) is 4.48. The first-order chi connectivity index (χ1) is 10.2. The second-order valence-electron chi connectivity index (χ2n) is 5.95. The SMILES string of the molecule is CCC(N)C(c1ccc(C)s1)N1CCc2ccccc2C1. The molecule has 21 heavy (non-hydrogen) atoms. The van der Waals surface area contributed by atoms with Crippen molar-refractivity contribution in [3.63, 3.8) is 0 Å². The van der Waals surface area contributed by atoms with Gasteiger partial charge in [0.25, 0.3) is 0 Å². The molecule has 0 bridgehead atoms. The van der Waals surface area contributed by atoms with Gasteiger partial charge >= 0.3 is 0 Å². The Hall–Kier alpha value is -1.16. The van der Waals surface area contributed by atoms with Crippen LogP contribution in [0.5, 0.6) is 0 Å². The highest BCUT2D eigenvalue weighted by atomic mass is 32.1. The van der Waals surface area contributed by atoms with Gasteiger partial charge in [-0.2, -0.15) is 0 Å². The molecule has 0 radical (unpaired) electrons. The van der Waals surface area contributed by atoms with Gasteiger partial charge < -0.3 is 5.73 Å². The summed E-state index contributed by atoms with van der Waals surface area (Å²) in [5.41, 5.74) is 9.44. The van der Waals surface area contributed by atoms with Gasteiger partial charge in [-0.05, 0) is 43.0 Å². The Kier molecular flexibility index (Phi) is 4.43. The Morgan fingerprint density at radius 2 is 1.95 bits per heavy atom. The number of benzene rings is 1. The van der Waals surface area contributed by atoms with E-state index in [-0.39, 0.29) is 6.04 Å². The lowest BCUT2D eigenvalue weighted by molar-refractivity contribution is 0.155. The second kappa shape index (κ2) is 6.30. The van der Waals surface area contributed by atoms with Crippen LogP contribution in [0.1, 0.15) is 40.3 Å². The van der Waals surface area contributed by atoms with E-state index in [1.54, 1.807) is 0 Å². The molecule has 3 rings (SSSR count). The fourth-order valence-corrected chi connectivity index (χ4v) is 4.34. The lowest BCUT2D eigenvalue weighted by atomic mass is 9.95. The standard InChI is InChI=1S/C18H24N2S/c1-3-16(19)18(17-9-8-13(2)21-17)20-11-10-14-6-4-5-7-15(14)12-20/h4-9,16,18H,3,10-12,19H2,1-2H3. The van der Waals surface area contributed by atoms with Gasteiger partial charge in [-0.15, -0.1) is 11.3 Å². The van der Waals surface area contributed by atoms with Crippen LogP contribution < -0.4 is 5.73 Å². The Morgan fingerprint density at radius 1 is 1.19 bits per heavy atom. The summed E-state index contributed by atoms with van der Waals surface area (Å²) in [6, 6.07) is 13.8. The number of hydrogen-bond acceptors (Lipinski definition) is 3. The molecule has 0 saturated heterocycles. The molecule has 2 N–H and O–H groups in total. The summed E-state index contributed by atoms with van der Waals surface area (Å²) >= 11 is 1.89. The van der Waals surface area contributed by atoms with Crippen LogP contribution in [0.4, 0.5) is 0 Å². The van der Waals surface area contributed by atoms with E-state index >= 15 is 0 Å². The molecule has 1 aromatic heterocycles. The van der Waals surface area contributed by atoms with Crippen molar-refractivity contribution < 1.29 is 0 Å². The van der Waals surface area contributed by atoms with Crippen molar-refractivity contribution in [1.82, 2.24) is 4.90 Å². The zero-order valence-electron chi connectivity index (χ0n) is 12.9. The highest BCUT2D eigenvalue weighted by Crippen LogP contribution is 2.34. The quantitative estimate of drug-likeness (QED) is 0.928. The predicted octanol–water partition coefficient (Wildman–Crippen LogP) is 3.89. The highest BCUT2D eigenvalue weighted by Gasteiger charge is 2.29. The van der Waals surface area contributed by atoms with Crippen LogP contribution in [0, 0.1) is 6.92 Å². The summed E-state index contributed by atoms with van der Waals surface area (Å²) in [7, 11) is 0. The molecule has 2 heterocycles. The molecule has 2 aromatic rings. The third-order valence-corrected chi connectivity index (χ3v) is 5.55. The Balaban J connectivity index is 1.88. The van der Waals surface area contributed by atoms with Gasteiger partial charge in [0.1, 0.15) is 0 Å². The molecule has 2 atom stereocenters. The first-order valence-electron chi connectivity index (χ1n) is 7.81. The molecule has 0 amide bonds. The van der Waals surface area contributed by atoms with E-state index in [1.165, 1.54) is 20.9 Å². The maximum Gasteiger partial charge on any atom is 0.0596 e. The van der Waals surface area contributed by atoms with Crippen molar-refractivity contribution in [3.05, 3.63) is 57.3 Å². The maximum absolute atomic E-state index is 6.47. The number of fused-ring (bicyclic) bond motifs is 1. The fourth-order valence-electron chi connectivity index (χ4n) is 3.25. The molecule has 0 aliphatic carbocycles. The maximum atomic E-state index is 6.47. The van der Waals surface area contributed by atoms with Crippen molar-refractivity contribution in [3.8, 4) is 0 Å². The van der Waals surface area contributed by atoms with Gasteiger partial charge in [0.15, 0.2) is 0 Å². The predicted molar refractivity (Wildman–Crippen MR) is 90.6 cm³/mol. The molecule has 0 saturated carbocycles. The number of hydrogen-bond donors (Lipinski definition) is 1. The lowest BCUT2D eigenvalue weighted by Crippen LogP contribution is -2.42. The topological polar surface area (TPSA) is 29.3 Å². The molecule has 2 unspecified atom stereocenters. The van der Waals surface area contributed by atoms with Gasteiger partial charge in [0.05, 0.1) is 6.04 Å². The van der Waals surface area contributed by atoms with Gasteiger partial charge in [0.2, 0.25) is 0 Å². The largest absolute Gasteiger partial charge is 0.326 e. The minimum absolute atomic E-state index is 0.202. The van der Waals surface area contributed by atoms with Crippen LogP contribution in [0.2, 0.25) is 0 Å². The van der Waals surface area contributed by atoms with E-state index in [1.807, 2.05) is 11.3 Å². The Bertz CT molecular complexity index is 605. The van der Waals surface area contributed by atoms with E-state index in [9.17, 15) is 0 Å². The summed E-state index contributed by atoms with van der Waals surface area (Å²) in [6.07, 6.45) is 2.15. The number of thiophene rings is 1. The molecule has 112 valence electrons. The fraction of sp³-hybridized carbons (Fsp3) is 0.444. The van der Waals surface area contributed by atoms with Crippen molar-refractivity contribution in [1.29, 1.82) is 0 Å². The first-order valence-corrected chi connectivity index (χ1v) is 8.63. The minimum atomic E-state index is 0.202. The van der Waals surface area contributed by atoms with E-state index in [0.29, 0.717) is 6.04 Å². The summed E-state index contributed by atoms with van der Waals surface area (Å²) in [6.45, 7) is 6.49. The lowest BCUT2D eigenvalue weighted by Gasteiger charge is -2.38. The van der Waals surface area contributed by atoms with Crippen LogP contribution >= 0.6 is 11.3 Å². The Labute approximate surface area is 131 Å². The van der Waals surface area contributed by atoms with Crippen molar-refractivity contribution in [2.75, 3.05) is 6.54 Å². The average molecular weight is 300 g/mol. The van der Waals surface area contributed by atoms with Crippen molar-refractivity contribution in [2.45, 2.75) is 45.3 Å². The molecule has 0 spiro atoms. The van der Waals surface area contributed by atoms with Crippen LogP contribution in [0.15, 0.2) is 36.4 Å². The normalized spacial score (nSPS) is 18.2. The molecule has 1 aromatic carbocycles. The molecular weight excluding hydrogens is 276 g/mol. The highest BCUT2D eigenvalue weighted by molar-refractivity contribution is 7.12. The van der Waals surface area contributed by atoms with E-state index < -0.39 is 0 Å². The molecule has 3 heteroatoms. The monoisotopic (exact) mass is 300 g/mol. The first kappa shape index (κ1) is 14.8. The van der Waals surface area contributed by atoms with Crippen LogP contribution in [0.25, 0.3) is 0 Å². The molecule has 1 aliphatic rings.